The fourth-order valence-corrected chi connectivity index (χ4v) is 2.51. The van der Waals surface area contributed by atoms with E-state index < -0.39 is 0 Å². The maximum absolute atomic E-state index is 11.7. The third-order valence-corrected chi connectivity index (χ3v) is 3.59. The first-order valence-corrected chi connectivity index (χ1v) is 6.80. The summed E-state index contributed by atoms with van der Waals surface area (Å²) in [5.41, 5.74) is 10.9. The molecule has 1 atom stereocenters. The van der Waals surface area contributed by atoms with E-state index in [1.165, 1.54) is 0 Å². The number of nitrogens with one attached hydrogen (secondary N) is 1. The highest BCUT2D eigenvalue weighted by molar-refractivity contribution is 5.78. The van der Waals surface area contributed by atoms with E-state index >= 15 is 0 Å². The van der Waals surface area contributed by atoms with Crippen LogP contribution in [0.4, 0.5) is 0 Å². The molecule has 0 radical (unpaired) electrons. The van der Waals surface area contributed by atoms with Gasteiger partial charge in [-0.2, -0.15) is 0 Å². The van der Waals surface area contributed by atoms with Crippen LogP contribution < -0.4 is 16.8 Å². The average molecular weight is 255 g/mol. The van der Waals surface area contributed by atoms with Crippen LogP contribution in [0.5, 0.6) is 0 Å². The van der Waals surface area contributed by atoms with Crippen LogP contribution in [-0.4, -0.2) is 23.9 Å². The summed E-state index contributed by atoms with van der Waals surface area (Å²) >= 11 is 0. The van der Waals surface area contributed by atoms with E-state index in [1.807, 2.05) is 0 Å². The Morgan fingerprint density at radius 1 is 1.28 bits per heavy atom. The molecule has 18 heavy (non-hydrogen) atoms. The minimum absolute atomic E-state index is 0.0126. The summed E-state index contributed by atoms with van der Waals surface area (Å²) in [6.45, 7) is 1.79. The van der Waals surface area contributed by atoms with Crippen molar-refractivity contribution in [2.75, 3.05) is 0 Å². The minimum atomic E-state index is -0.385. The highest BCUT2D eigenvalue weighted by atomic mass is 16.2. The molecular formula is C13H25N3O2. The van der Waals surface area contributed by atoms with Gasteiger partial charge in [0, 0.05) is 24.9 Å². The Morgan fingerprint density at radius 2 is 1.89 bits per heavy atom. The van der Waals surface area contributed by atoms with E-state index in [9.17, 15) is 9.59 Å². The second-order valence-corrected chi connectivity index (χ2v) is 5.46. The van der Waals surface area contributed by atoms with Crippen LogP contribution in [0.2, 0.25) is 0 Å². The van der Waals surface area contributed by atoms with E-state index in [4.69, 9.17) is 11.5 Å². The smallest absolute Gasteiger partial charge is 0.220 e. The van der Waals surface area contributed by atoms with Crippen LogP contribution in [0.25, 0.3) is 0 Å². The van der Waals surface area contributed by atoms with Crippen molar-refractivity contribution in [1.29, 1.82) is 0 Å². The van der Waals surface area contributed by atoms with Gasteiger partial charge in [-0.25, -0.2) is 0 Å². The van der Waals surface area contributed by atoms with Gasteiger partial charge in [-0.15, -0.1) is 0 Å². The highest BCUT2D eigenvalue weighted by Gasteiger charge is 2.19. The maximum Gasteiger partial charge on any atom is 0.220 e. The molecular weight excluding hydrogens is 230 g/mol. The first-order chi connectivity index (χ1) is 8.47. The molecule has 5 heteroatoms. The van der Waals surface area contributed by atoms with Crippen LogP contribution in [-0.2, 0) is 9.59 Å². The summed E-state index contributed by atoms with van der Waals surface area (Å²) in [5, 5.41) is 2.80. The summed E-state index contributed by atoms with van der Waals surface area (Å²) in [7, 11) is 0. The standard InChI is InChI=1S/C13H25N3O2/c1-9(8-12(15)17)16-13(18)7-4-10-2-5-11(14)6-3-10/h9-11H,2-8,14H2,1H3,(H2,15,17)(H,16,18). The van der Waals surface area contributed by atoms with Gasteiger partial charge >= 0.3 is 0 Å². The van der Waals surface area contributed by atoms with Crippen molar-refractivity contribution in [2.45, 2.75) is 64.0 Å². The van der Waals surface area contributed by atoms with Gasteiger partial charge in [-0.3, -0.25) is 9.59 Å². The van der Waals surface area contributed by atoms with Crippen LogP contribution >= 0.6 is 0 Å². The van der Waals surface area contributed by atoms with Gasteiger partial charge < -0.3 is 16.8 Å². The largest absolute Gasteiger partial charge is 0.370 e. The summed E-state index contributed by atoms with van der Waals surface area (Å²) in [4.78, 5) is 22.3. The molecule has 1 aliphatic rings. The van der Waals surface area contributed by atoms with E-state index in [0.717, 1.165) is 32.1 Å². The second-order valence-electron chi connectivity index (χ2n) is 5.46. The lowest BCUT2D eigenvalue weighted by molar-refractivity contribution is -0.122. The molecule has 104 valence electrons. The van der Waals surface area contributed by atoms with Crippen LogP contribution in [0.15, 0.2) is 0 Å². The van der Waals surface area contributed by atoms with Crippen molar-refractivity contribution in [3.8, 4) is 0 Å². The minimum Gasteiger partial charge on any atom is -0.370 e. The molecule has 1 rings (SSSR count). The third kappa shape index (κ3) is 6.00. The lowest BCUT2D eigenvalue weighted by atomic mass is 9.84. The Hall–Kier alpha value is -1.10. The van der Waals surface area contributed by atoms with Crippen LogP contribution in [0.1, 0.15) is 51.9 Å². The molecule has 0 spiro atoms. The zero-order valence-electron chi connectivity index (χ0n) is 11.2. The first-order valence-electron chi connectivity index (χ1n) is 6.80. The van der Waals surface area contributed by atoms with E-state index in [0.29, 0.717) is 18.4 Å². The Kier molecular flexibility index (Phi) is 6.12. The Bertz CT molecular complexity index is 286. The Balaban J connectivity index is 2.15. The van der Waals surface area contributed by atoms with Gasteiger partial charge in [-0.05, 0) is 44.9 Å². The molecule has 0 aromatic carbocycles. The van der Waals surface area contributed by atoms with E-state index in [-0.39, 0.29) is 24.3 Å². The summed E-state index contributed by atoms with van der Waals surface area (Å²) in [6, 6.07) is 0.181. The number of rotatable bonds is 6. The average Bonchev–Trinajstić information content (AvgIpc) is 2.27. The van der Waals surface area contributed by atoms with E-state index in [1.54, 1.807) is 6.92 Å². The monoisotopic (exact) mass is 255 g/mol. The number of amides is 2. The van der Waals surface area contributed by atoms with Gasteiger partial charge in [0.25, 0.3) is 0 Å². The van der Waals surface area contributed by atoms with Crippen LogP contribution in [0.3, 0.4) is 0 Å². The zero-order chi connectivity index (χ0) is 13.5. The maximum atomic E-state index is 11.7. The van der Waals surface area contributed by atoms with Gasteiger partial charge in [-0.1, -0.05) is 0 Å². The number of hydrogen-bond acceptors (Lipinski definition) is 3. The third-order valence-electron chi connectivity index (χ3n) is 3.59. The molecule has 1 aliphatic carbocycles. The molecule has 1 unspecified atom stereocenters. The Labute approximate surface area is 109 Å². The van der Waals surface area contributed by atoms with Crippen molar-refractivity contribution in [2.24, 2.45) is 17.4 Å². The van der Waals surface area contributed by atoms with Crippen molar-refractivity contribution in [1.82, 2.24) is 5.32 Å². The molecule has 0 aliphatic heterocycles. The summed E-state index contributed by atoms with van der Waals surface area (Å²) < 4.78 is 0. The quantitative estimate of drug-likeness (QED) is 0.650. The van der Waals surface area contributed by atoms with Gasteiger partial charge in [0.05, 0.1) is 0 Å². The number of carbonyl (C=O) groups is 2. The molecule has 0 aromatic heterocycles. The lowest BCUT2D eigenvalue weighted by Crippen LogP contribution is -2.36. The van der Waals surface area contributed by atoms with Gasteiger partial charge in [0.1, 0.15) is 0 Å². The molecule has 0 heterocycles. The van der Waals surface area contributed by atoms with Gasteiger partial charge in [0.2, 0.25) is 11.8 Å². The number of nitrogens with two attached hydrogens (primary N) is 2. The normalized spacial score (nSPS) is 25.4. The van der Waals surface area contributed by atoms with Crippen LogP contribution in [0, 0.1) is 5.92 Å². The zero-order valence-corrected chi connectivity index (χ0v) is 11.2. The molecule has 1 fully saturated rings. The molecule has 0 saturated heterocycles. The molecule has 1 saturated carbocycles. The first kappa shape index (κ1) is 15.0. The van der Waals surface area contributed by atoms with Crippen molar-refractivity contribution in [3.63, 3.8) is 0 Å². The molecule has 5 N–H and O–H groups in total. The van der Waals surface area contributed by atoms with Crippen molar-refractivity contribution < 1.29 is 9.59 Å². The predicted octanol–water partition coefficient (Wildman–Crippen LogP) is 0.664. The second kappa shape index (κ2) is 7.36. The molecule has 5 nitrogen and oxygen atoms in total. The predicted molar refractivity (Wildman–Crippen MR) is 70.6 cm³/mol. The van der Waals surface area contributed by atoms with E-state index in [2.05, 4.69) is 5.32 Å². The molecule has 0 bridgehead atoms. The fraction of sp³-hybridized carbons (Fsp3) is 0.846. The van der Waals surface area contributed by atoms with Crippen molar-refractivity contribution in [3.05, 3.63) is 0 Å². The van der Waals surface area contributed by atoms with Crippen molar-refractivity contribution >= 4 is 11.8 Å². The fourth-order valence-electron chi connectivity index (χ4n) is 2.51. The molecule has 2 amide bonds. The number of hydrogen-bond donors (Lipinski definition) is 3. The number of primary amides is 1. The SMILES string of the molecule is CC(CC(N)=O)NC(=O)CCC1CCC(N)CC1. The summed E-state index contributed by atoms with van der Waals surface area (Å²) in [6.07, 6.45) is 6.06. The van der Waals surface area contributed by atoms with Gasteiger partial charge in [0.15, 0.2) is 0 Å². The Morgan fingerprint density at radius 3 is 2.44 bits per heavy atom. The highest BCUT2D eigenvalue weighted by Crippen LogP contribution is 2.26. The summed E-state index contributed by atoms with van der Waals surface area (Å²) in [5.74, 6) is 0.254. The lowest BCUT2D eigenvalue weighted by Gasteiger charge is -2.25. The number of carbonyl (C=O) groups excluding carboxylic acids is 2. The molecule has 0 aromatic rings. The topological polar surface area (TPSA) is 98.2 Å².